The maximum absolute atomic E-state index is 11.2. The Morgan fingerprint density at radius 2 is 2.00 bits per heavy atom. The molecule has 0 rings (SSSR count). The zero-order valence-corrected chi connectivity index (χ0v) is 9.17. The minimum absolute atomic E-state index is 0.265. The normalized spacial score (nSPS) is 13.1. The minimum Gasteiger partial charge on any atom is -0.282 e. The Balaban J connectivity index is 4.88. The minimum atomic E-state index is -3.65. The van der Waals surface area contributed by atoms with E-state index in [1.54, 1.807) is 25.2 Å². The summed E-state index contributed by atoms with van der Waals surface area (Å²) < 4.78 is 22.5. The quantitative estimate of drug-likeness (QED) is 0.668. The van der Waals surface area contributed by atoms with Crippen molar-refractivity contribution in [2.75, 3.05) is 5.75 Å². The van der Waals surface area contributed by atoms with Gasteiger partial charge in [-0.15, -0.1) is 0 Å². The lowest BCUT2D eigenvalue weighted by Gasteiger charge is -2.00. The van der Waals surface area contributed by atoms with Crippen LogP contribution in [0.3, 0.4) is 0 Å². The van der Waals surface area contributed by atoms with E-state index in [-0.39, 0.29) is 5.75 Å². The van der Waals surface area contributed by atoms with Gasteiger partial charge in [0.15, 0.2) is 0 Å². The summed E-state index contributed by atoms with van der Waals surface area (Å²) in [5.41, 5.74) is 0.553. The molecule has 0 aliphatic heterocycles. The van der Waals surface area contributed by atoms with Crippen molar-refractivity contribution in [3.05, 3.63) is 36.5 Å². The van der Waals surface area contributed by atoms with Crippen molar-refractivity contribution in [1.29, 1.82) is 0 Å². The molecule has 0 bridgehead atoms. The van der Waals surface area contributed by atoms with Crippen LogP contribution in [0.1, 0.15) is 13.8 Å². The molecule has 3 nitrogen and oxygen atoms in total. The third-order valence-electron chi connectivity index (χ3n) is 1.51. The fourth-order valence-electron chi connectivity index (χ4n) is 0.838. The van der Waals surface area contributed by atoms with Gasteiger partial charge >= 0.3 is 0 Å². The highest BCUT2D eigenvalue weighted by atomic mass is 32.2. The number of carbonyl (C=O) groups excluding carboxylic acids is 1. The topological polar surface area (TPSA) is 51.2 Å². The summed E-state index contributed by atoms with van der Waals surface area (Å²) in [7, 11) is -3.65. The van der Waals surface area contributed by atoms with Crippen LogP contribution in [-0.4, -0.2) is 19.3 Å². The summed E-state index contributed by atoms with van der Waals surface area (Å²) in [4.78, 5) is 10.7. The van der Waals surface area contributed by atoms with Crippen molar-refractivity contribution in [2.45, 2.75) is 13.8 Å². The Kier molecular flexibility index (Phi) is 5.09. The predicted octanol–water partition coefficient (Wildman–Crippen LogP) is 1.64. The molecule has 0 amide bonds. The van der Waals surface area contributed by atoms with Gasteiger partial charge in [-0.1, -0.05) is 30.9 Å². The molecule has 0 N–H and O–H groups in total. The molecular formula is C10H14O3S. The molecule has 0 atom stereocenters. The third kappa shape index (κ3) is 4.18. The van der Waals surface area contributed by atoms with E-state index in [2.05, 4.69) is 6.58 Å². The highest BCUT2D eigenvalue weighted by molar-refractivity contribution is 8.06. The van der Waals surface area contributed by atoms with E-state index < -0.39 is 15.0 Å². The number of hydrogen-bond donors (Lipinski definition) is 0. The van der Waals surface area contributed by atoms with E-state index in [1.165, 1.54) is 6.08 Å². The van der Waals surface area contributed by atoms with Crippen molar-refractivity contribution in [3.8, 4) is 0 Å². The first kappa shape index (κ1) is 12.8. The van der Waals surface area contributed by atoms with Gasteiger partial charge in [0, 0.05) is 6.92 Å². The summed E-state index contributed by atoms with van der Waals surface area (Å²) in [5, 5.41) is -0.808. The lowest BCUT2D eigenvalue weighted by Crippen LogP contribution is -2.15. The van der Waals surface area contributed by atoms with Crippen LogP contribution >= 0.6 is 0 Å². The molecule has 0 unspecified atom stereocenters. The second-order valence-corrected chi connectivity index (χ2v) is 4.82. The van der Waals surface area contributed by atoms with Crippen LogP contribution in [0.5, 0.6) is 0 Å². The molecule has 78 valence electrons. The van der Waals surface area contributed by atoms with Gasteiger partial charge in [-0.2, -0.15) is 0 Å². The highest BCUT2D eigenvalue weighted by Crippen LogP contribution is 2.04. The molecule has 0 heterocycles. The van der Waals surface area contributed by atoms with Crippen molar-refractivity contribution < 1.29 is 13.2 Å². The van der Waals surface area contributed by atoms with Crippen molar-refractivity contribution >= 4 is 15.0 Å². The van der Waals surface area contributed by atoms with Crippen LogP contribution in [-0.2, 0) is 14.6 Å². The fraction of sp³-hybridized carbons (Fsp3) is 0.300. The van der Waals surface area contributed by atoms with E-state index in [4.69, 9.17) is 0 Å². The van der Waals surface area contributed by atoms with Crippen LogP contribution in [0.2, 0.25) is 0 Å². The van der Waals surface area contributed by atoms with Crippen LogP contribution in [0, 0.1) is 0 Å². The van der Waals surface area contributed by atoms with E-state index in [1.807, 2.05) is 0 Å². The van der Waals surface area contributed by atoms with E-state index >= 15 is 0 Å². The maximum Gasteiger partial charge on any atom is 0.243 e. The molecule has 0 aliphatic rings. The molecule has 0 spiro atoms. The molecule has 0 aromatic carbocycles. The third-order valence-corrected chi connectivity index (χ3v) is 3.10. The zero-order valence-electron chi connectivity index (χ0n) is 8.36. The first-order valence-electron chi connectivity index (χ1n) is 4.11. The summed E-state index contributed by atoms with van der Waals surface area (Å²) in [5.74, 6) is -0.265. The van der Waals surface area contributed by atoms with E-state index in [9.17, 15) is 13.2 Å². The Morgan fingerprint density at radius 1 is 1.43 bits per heavy atom. The zero-order chi connectivity index (χ0) is 11.2. The lowest BCUT2D eigenvalue weighted by atomic mass is 10.2. The Bertz CT molecular complexity index is 372. The van der Waals surface area contributed by atoms with Gasteiger partial charge in [0.05, 0.1) is 5.75 Å². The smallest absolute Gasteiger partial charge is 0.243 e. The average Bonchev–Trinajstić information content (AvgIpc) is 2.04. The fourth-order valence-corrected chi connectivity index (χ4v) is 1.67. The Morgan fingerprint density at radius 3 is 2.36 bits per heavy atom. The first-order valence-corrected chi connectivity index (χ1v) is 5.77. The Labute approximate surface area is 84.7 Å². The molecule has 0 radical (unpaired) electrons. The number of rotatable bonds is 4. The SMILES string of the molecule is C=C/C=C(\C=C/C)CS(=O)(=O)C(C)=O. The molecule has 0 aromatic heterocycles. The van der Waals surface area contributed by atoms with Gasteiger partial charge < -0.3 is 0 Å². The van der Waals surface area contributed by atoms with Crippen molar-refractivity contribution in [2.24, 2.45) is 0 Å². The van der Waals surface area contributed by atoms with Crippen molar-refractivity contribution in [3.63, 3.8) is 0 Å². The van der Waals surface area contributed by atoms with Crippen LogP contribution in [0.25, 0.3) is 0 Å². The van der Waals surface area contributed by atoms with Crippen LogP contribution in [0.15, 0.2) is 36.5 Å². The molecular weight excluding hydrogens is 200 g/mol. The molecule has 14 heavy (non-hydrogen) atoms. The van der Waals surface area contributed by atoms with Crippen molar-refractivity contribution in [1.82, 2.24) is 0 Å². The molecule has 0 aliphatic carbocycles. The summed E-state index contributed by atoms with van der Waals surface area (Å²) >= 11 is 0. The van der Waals surface area contributed by atoms with Gasteiger partial charge in [-0.3, -0.25) is 4.79 Å². The van der Waals surface area contributed by atoms with Gasteiger partial charge in [0.25, 0.3) is 0 Å². The molecule has 0 fully saturated rings. The van der Waals surface area contributed by atoms with E-state index in [0.29, 0.717) is 5.57 Å². The van der Waals surface area contributed by atoms with Gasteiger partial charge in [-0.25, -0.2) is 8.42 Å². The average molecular weight is 214 g/mol. The second-order valence-electron chi connectivity index (χ2n) is 2.73. The molecule has 0 aromatic rings. The second kappa shape index (κ2) is 5.54. The monoisotopic (exact) mass is 214 g/mol. The number of carbonyl (C=O) groups is 1. The Hall–Kier alpha value is -1.16. The molecule has 0 saturated heterocycles. The highest BCUT2D eigenvalue weighted by Gasteiger charge is 2.17. The molecule has 4 heteroatoms. The van der Waals surface area contributed by atoms with Crippen LogP contribution in [0.4, 0.5) is 0 Å². The van der Waals surface area contributed by atoms with Gasteiger partial charge in [0.2, 0.25) is 15.0 Å². The van der Waals surface area contributed by atoms with E-state index in [0.717, 1.165) is 6.92 Å². The number of sulfone groups is 1. The summed E-state index contributed by atoms with van der Waals surface area (Å²) in [6.45, 7) is 6.29. The molecule has 0 saturated carbocycles. The summed E-state index contributed by atoms with van der Waals surface area (Å²) in [6, 6.07) is 0. The lowest BCUT2D eigenvalue weighted by molar-refractivity contribution is -0.109. The predicted molar refractivity (Wildman–Crippen MR) is 57.6 cm³/mol. The number of allylic oxidation sites excluding steroid dienone is 4. The maximum atomic E-state index is 11.2. The summed E-state index contributed by atoms with van der Waals surface area (Å²) in [6.07, 6.45) is 6.42. The standard InChI is InChI=1S/C10H14O3S/c1-4-6-10(7-5-2)8-14(12,13)9(3)11/h4-7H,1,8H2,2-3H3/b7-5-,10-6+. The first-order chi connectivity index (χ1) is 6.44. The van der Waals surface area contributed by atoms with Gasteiger partial charge in [-0.05, 0) is 12.5 Å². The van der Waals surface area contributed by atoms with Crippen LogP contribution < -0.4 is 0 Å². The number of hydrogen-bond acceptors (Lipinski definition) is 3. The van der Waals surface area contributed by atoms with Gasteiger partial charge in [0.1, 0.15) is 0 Å². The largest absolute Gasteiger partial charge is 0.282 e.